The van der Waals surface area contributed by atoms with Crippen LogP contribution in [0.1, 0.15) is 41.3 Å². The van der Waals surface area contributed by atoms with Crippen LogP contribution in [-0.4, -0.2) is 17.6 Å². The number of para-hydroxylation sites is 1. The van der Waals surface area contributed by atoms with Gasteiger partial charge in [0.1, 0.15) is 0 Å². The predicted octanol–water partition coefficient (Wildman–Crippen LogP) is 4.29. The summed E-state index contributed by atoms with van der Waals surface area (Å²) in [5, 5.41) is 12.0. The number of hydrogen-bond acceptors (Lipinski definition) is 2. The molecular weight excluding hydrogens is 286 g/mol. The summed E-state index contributed by atoms with van der Waals surface area (Å²) in [6.07, 6.45) is 6.92. The van der Waals surface area contributed by atoms with E-state index >= 15 is 0 Å². The first-order chi connectivity index (χ1) is 11.2. The second kappa shape index (κ2) is 8.91. The van der Waals surface area contributed by atoms with Gasteiger partial charge in [0.2, 0.25) is 0 Å². The number of unbranched alkanes of at least 4 members (excludes halogenated alkanes) is 1. The molecule has 0 saturated heterocycles. The number of aliphatic hydroxyl groups excluding tert-OH is 1. The third kappa shape index (κ3) is 5.08. The smallest absolute Gasteiger partial charge is 0.255 e. The van der Waals surface area contributed by atoms with Crippen LogP contribution in [0.15, 0.2) is 54.6 Å². The largest absolute Gasteiger partial charge is 0.396 e. The van der Waals surface area contributed by atoms with Gasteiger partial charge in [-0.05, 0) is 42.2 Å². The fraction of sp³-hybridized carbons (Fsp3) is 0.250. The van der Waals surface area contributed by atoms with Crippen LogP contribution >= 0.6 is 0 Å². The van der Waals surface area contributed by atoms with Gasteiger partial charge in [-0.2, -0.15) is 0 Å². The van der Waals surface area contributed by atoms with E-state index < -0.39 is 0 Å². The minimum Gasteiger partial charge on any atom is -0.396 e. The van der Waals surface area contributed by atoms with Crippen LogP contribution in [0.25, 0.3) is 6.08 Å². The zero-order valence-electron chi connectivity index (χ0n) is 13.5. The van der Waals surface area contributed by atoms with Crippen molar-refractivity contribution in [2.75, 3.05) is 11.9 Å². The molecule has 2 aromatic carbocycles. The number of carbonyl (C=O) groups is 1. The van der Waals surface area contributed by atoms with Gasteiger partial charge in [-0.1, -0.05) is 55.8 Å². The van der Waals surface area contributed by atoms with E-state index in [1.165, 1.54) is 0 Å². The van der Waals surface area contributed by atoms with Crippen molar-refractivity contribution in [3.8, 4) is 0 Å². The molecule has 3 heteroatoms. The van der Waals surface area contributed by atoms with E-state index in [2.05, 4.69) is 24.4 Å². The molecule has 0 aromatic heterocycles. The highest BCUT2D eigenvalue weighted by atomic mass is 16.3. The normalized spacial score (nSPS) is 10.9. The zero-order chi connectivity index (χ0) is 16.5. The van der Waals surface area contributed by atoms with E-state index in [0.29, 0.717) is 12.0 Å². The maximum absolute atomic E-state index is 12.4. The molecule has 1 amide bonds. The van der Waals surface area contributed by atoms with Gasteiger partial charge in [0.05, 0.1) is 0 Å². The number of carbonyl (C=O) groups excluding carboxylic acids is 1. The fourth-order valence-corrected chi connectivity index (χ4v) is 2.31. The summed E-state index contributed by atoms with van der Waals surface area (Å²) in [4.78, 5) is 12.4. The van der Waals surface area contributed by atoms with Gasteiger partial charge in [0, 0.05) is 17.9 Å². The number of amides is 1. The second-order valence-electron chi connectivity index (χ2n) is 5.40. The van der Waals surface area contributed by atoms with Gasteiger partial charge in [-0.15, -0.1) is 0 Å². The Morgan fingerprint density at radius 1 is 1.13 bits per heavy atom. The van der Waals surface area contributed by atoms with Crippen molar-refractivity contribution in [2.45, 2.75) is 26.2 Å². The van der Waals surface area contributed by atoms with Gasteiger partial charge >= 0.3 is 0 Å². The van der Waals surface area contributed by atoms with E-state index in [-0.39, 0.29) is 12.5 Å². The summed E-state index contributed by atoms with van der Waals surface area (Å²) in [6, 6.07) is 15.1. The highest BCUT2D eigenvalue weighted by molar-refractivity contribution is 6.04. The molecular formula is C20H23NO2. The molecule has 0 fully saturated rings. The summed E-state index contributed by atoms with van der Waals surface area (Å²) in [6.45, 7) is 2.21. The third-order valence-electron chi connectivity index (χ3n) is 3.59. The Kier molecular flexibility index (Phi) is 6.57. The topological polar surface area (TPSA) is 49.3 Å². The van der Waals surface area contributed by atoms with Crippen LogP contribution in [0, 0.1) is 0 Å². The molecule has 0 aliphatic rings. The van der Waals surface area contributed by atoms with Gasteiger partial charge < -0.3 is 10.4 Å². The van der Waals surface area contributed by atoms with E-state index in [1.807, 2.05) is 48.5 Å². The van der Waals surface area contributed by atoms with Crippen molar-refractivity contribution in [1.82, 2.24) is 0 Å². The highest BCUT2D eigenvalue weighted by Crippen LogP contribution is 2.17. The van der Waals surface area contributed by atoms with Crippen molar-refractivity contribution >= 4 is 17.7 Å². The lowest BCUT2D eigenvalue weighted by molar-refractivity contribution is 0.102. The predicted molar refractivity (Wildman–Crippen MR) is 95.6 cm³/mol. The minimum atomic E-state index is -0.139. The quantitative estimate of drug-likeness (QED) is 0.801. The Bertz CT molecular complexity index is 660. The Hall–Kier alpha value is -2.39. The first kappa shape index (κ1) is 17.0. The lowest BCUT2D eigenvalue weighted by Crippen LogP contribution is -2.13. The summed E-state index contributed by atoms with van der Waals surface area (Å²) in [5.74, 6) is -0.139. The molecule has 0 atom stereocenters. The lowest BCUT2D eigenvalue weighted by atomic mass is 10.1. The number of rotatable bonds is 7. The summed E-state index contributed by atoms with van der Waals surface area (Å²) < 4.78 is 0. The molecule has 0 saturated carbocycles. The molecule has 0 aliphatic carbocycles. The van der Waals surface area contributed by atoms with Crippen molar-refractivity contribution in [2.24, 2.45) is 0 Å². The van der Waals surface area contributed by atoms with Crippen LogP contribution in [0.5, 0.6) is 0 Å². The summed E-state index contributed by atoms with van der Waals surface area (Å²) in [5.41, 5.74) is 3.40. The molecule has 3 nitrogen and oxygen atoms in total. The number of hydrogen-bond donors (Lipinski definition) is 2. The standard InChI is InChI=1S/C20H23NO2/c1-2-3-4-7-16-10-12-18(13-11-16)20(23)21-19-9-6-5-8-17(19)14-15-22/h4-13,22H,2-3,14-15H2,1H3,(H,21,23). The first-order valence-electron chi connectivity index (χ1n) is 8.01. The molecule has 0 heterocycles. The number of anilines is 1. The first-order valence-corrected chi connectivity index (χ1v) is 8.01. The summed E-state index contributed by atoms with van der Waals surface area (Å²) in [7, 11) is 0. The molecule has 0 radical (unpaired) electrons. The molecule has 2 N–H and O–H groups in total. The Morgan fingerprint density at radius 2 is 1.87 bits per heavy atom. The molecule has 23 heavy (non-hydrogen) atoms. The molecule has 0 unspecified atom stereocenters. The lowest BCUT2D eigenvalue weighted by Gasteiger charge is -2.10. The van der Waals surface area contributed by atoms with Gasteiger partial charge in [-0.25, -0.2) is 0 Å². The van der Waals surface area contributed by atoms with Gasteiger partial charge in [0.25, 0.3) is 5.91 Å². The van der Waals surface area contributed by atoms with E-state index in [1.54, 1.807) is 0 Å². The maximum Gasteiger partial charge on any atom is 0.255 e. The number of benzene rings is 2. The van der Waals surface area contributed by atoms with Crippen LogP contribution in [0.2, 0.25) is 0 Å². The van der Waals surface area contributed by atoms with Crippen molar-refractivity contribution < 1.29 is 9.90 Å². The highest BCUT2D eigenvalue weighted by Gasteiger charge is 2.08. The van der Waals surface area contributed by atoms with Crippen LogP contribution in [-0.2, 0) is 6.42 Å². The zero-order valence-corrected chi connectivity index (χ0v) is 13.5. The Labute approximate surface area is 137 Å². The number of allylic oxidation sites excluding steroid dienone is 1. The van der Waals surface area contributed by atoms with Crippen LogP contribution in [0.4, 0.5) is 5.69 Å². The van der Waals surface area contributed by atoms with E-state index in [9.17, 15) is 4.79 Å². The molecule has 0 aliphatic heterocycles. The molecule has 0 bridgehead atoms. The fourth-order valence-electron chi connectivity index (χ4n) is 2.31. The molecule has 2 aromatic rings. The van der Waals surface area contributed by atoms with Crippen LogP contribution in [0.3, 0.4) is 0 Å². The average molecular weight is 309 g/mol. The maximum atomic E-state index is 12.4. The second-order valence-corrected chi connectivity index (χ2v) is 5.40. The third-order valence-corrected chi connectivity index (χ3v) is 3.59. The minimum absolute atomic E-state index is 0.0612. The van der Waals surface area contributed by atoms with E-state index in [4.69, 9.17) is 5.11 Å². The number of nitrogens with one attached hydrogen (secondary N) is 1. The Balaban J connectivity index is 2.06. The van der Waals surface area contributed by atoms with Crippen molar-refractivity contribution in [3.63, 3.8) is 0 Å². The molecule has 2 rings (SSSR count). The van der Waals surface area contributed by atoms with Crippen molar-refractivity contribution in [1.29, 1.82) is 0 Å². The van der Waals surface area contributed by atoms with Gasteiger partial charge in [0.15, 0.2) is 0 Å². The van der Waals surface area contributed by atoms with Crippen molar-refractivity contribution in [3.05, 3.63) is 71.3 Å². The van der Waals surface area contributed by atoms with Gasteiger partial charge in [-0.3, -0.25) is 4.79 Å². The SMILES string of the molecule is CCCC=Cc1ccc(C(=O)Nc2ccccc2CCO)cc1. The average Bonchev–Trinajstić information content (AvgIpc) is 2.58. The van der Waals surface area contributed by atoms with Crippen LogP contribution < -0.4 is 5.32 Å². The summed E-state index contributed by atoms with van der Waals surface area (Å²) >= 11 is 0. The molecule has 0 spiro atoms. The molecule has 120 valence electrons. The van der Waals surface area contributed by atoms with E-state index in [0.717, 1.165) is 29.7 Å². The monoisotopic (exact) mass is 309 g/mol. The Morgan fingerprint density at radius 3 is 2.57 bits per heavy atom. The number of aliphatic hydroxyl groups is 1.